The maximum absolute atomic E-state index is 5.83. The number of anilines is 3. The fourth-order valence-corrected chi connectivity index (χ4v) is 4.84. The Bertz CT molecular complexity index is 1390. The van der Waals surface area contributed by atoms with E-state index in [0.29, 0.717) is 5.92 Å². The van der Waals surface area contributed by atoms with Crippen LogP contribution in [0.15, 0.2) is 139 Å². The van der Waals surface area contributed by atoms with Crippen molar-refractivity contribution in [2.45, 2.75) is 12.8 Å². The molecular formula is C33H30N2O. The third kappa shape index (κ3) is 4.44. The van der Waals surface area contributed by atoms with Crippen LogP contribution >= 0.6 is 0 Å². The molecule has 178 valence electrons. The SMILES string of the molecule is C=CC1=C(/C=C\C)Oc2ccccc2N1C.c1ccc(C2c3ccccc3Nc3ccccc32)cc1. The minimum Gasteiger partial charge on any atom is -0.453 e. The lowest BCUT2D eigenvalue weighted by Gasteiger charge is -2.29. The fraction of sp³-hybridized carbons (Fsp3) is 0.0909. The van der Waals surface area contributed by atoms with Crippen molar-refractivity contribution in [2.75, 3.05) is 17.3 Å². The standard InChI is InChI=1S/C19H15N.C14H15NO/c1-2-8-14(9-3-1)19-15-10-4-6-12-17(15)20-18-13-7-5-11-16(18)19;1-4-8-13-11(5-2)15(3)12-9-6-7-10-14(12)16-13/h1-13,19-20H;4-10H,2H2,1,3H3/b;8-4-. The number of nitrogens with one attached hydrogen (secondary N) is 1. The summed E-state index contributed by atoms with van der Waals surface area (Å²) in [5, 5.41) is 3.54. The van der Waals surface area contributed by atoms with E-state index in [1.807, 2.05) is 56.5 Å². The zero-order valence-electron chi connectivity index (χ0n) is 20.7. The van der Waals surface area contributed by atoms with Crippen LogP contribution in [0.25, 0.3) is 0 Å². The zero-order valence-corrected chi connectivity index (χ0v) is 20.7. The molecule has 2 aliphatic heterocycles. The van der Waals surface area contributed by atoms with Crippen molar-refractivity contribution >= 4 is 17.1 Å². The Hall–Kier alpha value is -4.50. The van der Waals surface area contributed by atoms with Crippen LogP contribution in [0.3, 0.4) is 0 Å². The van der Waals surface area contributed by atoms with Crippen LogP contribution in [0, 0.1) is 0 Å². The van der Waals surface area contributed by atoms with Gasteiger partial charge >= 0.3 is 0 Å². The number of allylic oxidation sites excluding steroid dienone is 3. The van der Waals surface area contributed by atoms with E-state index in [4.69, 9.17) is 4.74 Å². The molecule has 0 spiro atoms. The molecule has 0 saturated carbocycles. The molecule has 0 unspecified atom stereocenters. The van der Waals surface area contributed by atoms with Gasteiger partial charge in [-0.3, -0.25) is 0 Å². The molecule has 6 rings (SSSR count). The molecule has 3 heteroatoms. The second-order valence-electron chi connectivity index (χ2n) is 8.73. The number of likely N-dealkylation sites (N-methyl/N-ethyl adjacent to an activating group) is 1. The lowest BCUT2D eigenvalue weighted by atomic mass is 9.81. The molecule has 4 aromatic carbocycles. The maximum atomic E-state index is 5.83. The van der Waals surface area contributed by atoms with Gasteiger partial charge < -0.3 is 15.0 Å². The number of nitrogens with zero attached hydrogens (tertiary/aromatic N) is 1. The van der Waals surface area contributed by atoms with Gasteiger partial charge in [-0.05, 0) is 60.0 Å². The Morgan fingerprint density at radius 2 is 1.36 bits per heavy atom. The van der Waals surface area contributed by atoms with Crippen LogP contribution in [-0.4, -0.2) is 7.05 Å². The lowest BCUT2D eigenvalue weighted by Crippen LogP contribution is -2.23. The van der Waals surface area contributed by atoms with Crippen LogP contribution in [0.1, 0.15) is 29.5 Å². The summed E-state index contributed by atoms with van der Waals surface area (Å²) in [4.78, 5) is 2.08. The van der Waals surface area contributed by atoms with Gasteiger partial charge in [-0.2, -0.15) is 0 Å². The Balaban J connectivity index is 0.000000152. The predicted octanol–water partition coefficient (Wildman–Crippen LogP) is 8.41. The second-order valence-corrected chi connectivity index (χ2v) is 8.73. The number of hydrogen-bond acceptors (Lipinski definition) is 3. The minimum atomic E-state index is 0.310. The van der Waals surface area contributed by atoms with Crippen molar-refractivity contribution in [1.29, 1.82) is 0 Å². The van der Waals surface area contributed by atoms with Gasteiger partial charge in [0.25, 0.3) is 0 Å². The molecule has 0 atom stereocenters. The van der Waals surface area contributed by atoms with Gasteiger partial charge in [0.05, 0.1) is 11.4 Å². The van der Waals surface area contributed by atoms with Crippen molar-refractivity contribution in [1.82, 2.24) is 0 Å². The number of fused-ring (bicyclic) bond motifs is 3. The van der Waals surface area contributed by atoms with Gasteiger partial charge in [-0.1, -0.05) is 91.5 Å². The van der Waals surface area contributed by atoms with E-state index in [1.54, 1.807) is 0 Å². The fourth-order valence-electron chi connectivity index (χ4n) is 4.84. The van der Waals surface area contributed by atoms with Gasteiger partial charge in [-0.15, -0.1) is 0 Å². The average molecular weight is 471 g/mol. The van der Waals surface area contributed by atoms with Gasteiger partial charge in [0.1, 0.15) is 0 Å². The van der Waals surface area contributed by atoms with E-state index in [9.17, 15) is 0 Å². The summed E-state index contributed by atoms with van der Waals surface area (Å²) in [6.45, 7) is 5.80. The zero-order chi connectivity index (χ0) is 24.9. The van der Waals surface area contributed by atoms with Gasteiger partial charge in [0, 0.05) is 24.3 Å². The van der Waals surface area contributed by atoms with Gasteiger partial charge in [-0.25, -0.2) is 0 Å². The highest BCUT2D eigenvalue weighted by atomic mass is 16.5. The summed E-state index contributed by atoms with van der Waals surface area (Å²) in [6.07, 6.45) is 5.72. The topological polar surface area (TPSA) is 24.5 Å². The van der Waals surface area contributed by atoms with Gasteiger partial charge in [0.15, 0.2) is 11.5 Å². The summed E-state index contributed by atoms with van der Waals surface area (Å²) in [7, 11) is 2.02. The first-order valence-corrected chi connectivity index (χ1v) is 12.2. The summed E-state index contributed by atoms with van der Waals surface area (Å²) in [5.41, 5.74) is 8.49. The molecule has 0 fully saturated rings. The monoisotopic (exact) mass is 470 g/mol. The third-order valence-corrected chi connectivity index (χ3v) is 6.52. The third-order valence-electron chi connectivity index (χ3n) is 6.52. The quantitative estimate of drug-likeness (QED) is 0.286. The molecule has 36 heavy (non-hydrogen) atoms. The van der Waals surface area contributed by atoms with E-state index in [-0.39, 0.29) is 0 Å². The molecule has 4 aromatic rings. The van der Waals surface area contributed by atoms with E-state index in [0.717, 1.165) is 22.9 Å². The molecule has 1 N–H and O–H groups in total. The van der Waals surface area contributed by atoms with Crippen LogP contribution < -0.4 is 15.0 Å². The average Bonchev–Trinajstić information content (AvgIpc) is 2.93. The molecule has 0 aliphatic carbocycles. The lowest BCUT2D eigenvalue weighted by molar-refractivity contribution is 0.429. The maximum Gasteiger partial charge on any atom is 0.151 e. The number of ether oxygens (including phenoxy) is 1. The molecule has 2 aliphatic rings. The van der Waals surface area contributed by atoms with Gasteiger partial charge in [0.2, 0.25) is 0 Å². The second kappa shape index (κ2) is 10.4. The Labute approximate surface area is 213 Å². The first kappa shape index (κ1) is 23.3. The summed E-state index contributed by atoms with van der Waals surface area (Å²) < 4.78 is 5.83. The normalized spacial score (nSPS) is 14.0. The van der Waals surface area contributed by atoms with Crippen molar-refractivity contribution < 1.29 is 4.74 Å². The number of rotatable bonds is 3. The summed E-state index contributed by atoms with van der Waals surface area (Å²) in [6, 6.07) is 35.8. The van der Waals surface area contributed by atoms with Crippen LogP contribution in [0.2, 0.25) is 0 Å². The van der Waals surface area contributed by atoms with E-state index in [2.05, 4.69) is 95.7 Å². The number of hydrogen-bond donors (Lipinski definition) is 1. The van der Waals surface area contributed by atoms with Crippen molar-refractivity contribution in [3.63, 3.8) is 0 Å². The molecule has 0 bridgehead atoms. The number of benzene rings is 4. The minimum absolute atomic E-state index is 0.310. The molecule has 0 radical (unpaired) electrons. The Kier molecular flexibility index (Phi) is 6.72. The van der Waals surface area contributed by atoms with Crippen molar-refractivity contribution in [3.8, 4) is 5.75 Å². The van der Waals surface area contributed by atoms with Crippen molar-refractivity contribution in [3.05, 3.63) is 156 Å². The van der Waals surface area contributed by atoms with Crippen LogP contribution in [-0.2, 0) is 0 Å². The Morgan fingerprint density at radius 1 is 0.778 bits per heavy atom. The first-order chi connectivity index (χ1) is 17.7. The highest BCUT2D eigenvalue weighted by Gasteiger charge is 2.26. The highest BCUT2D eigenvalue weighted by Crippen LogP contribution is 2.44. The van der Waals surface area contributed by atoms with Crippen LogP contribution in [0.5, 0.6) is 5.75 Å². The molecule has 0 aromatic heterocycles. The first-order valence-electron chi connectivity index (χ1n) is 12.2. The smallest absolute Gasteiger partial charge is 0.151 e. The largest absolute Gasteiger partial charge is 0.453 e. The van der Waals surface area contributed by atoms with E-state index >= 15 is 0 Å². The number of para-hydroxylation sites is 4. The van der Waals surface area contributed by atoms with Crippen molar-refractivity contribution in [2.24, 2.45) is 0 Å². The molecule has 3 nitrogen and oxygen atoms in total. The van der Waals surface area contributed by atoms with E-state index in [1.165, 1.54) is 28.1 Å². The Morgan fingerprint density at radius 3 is 2.00 bits per heavy atom. The molecule has 2 heterocycles. The predicted molar refractivity (Wildman–Crippen MR) is 151 cm³/mol. The summed E-state index contributed by atoms with van der Waals surface area (Å²) >= 11 is 0. The highest BCUT2D eigenvalue weighted by molar-refractivity contribution is 5.75. The molecular weight excluding hydrogens is 440 g/mol. The van der Waals surface area contributed by atoms with Crippen LogP contribution in [0.4, 0.5) is 17.1 Å². The van der Waals surface area contributed by atoms with E-state index < -0.39 is 0 Å². The summed E-state index contributed by atoms with van der Waals surface area (Å²) in [5.74, 6) is 2.02. The molecule has 0 amide bonds. The molecule has 0 saturated heterocycles.